The maximum absolute atomic E-state index is 12.4. The minimum absolute atomic E-state index is 0.0400. The van der Waals surface area contributed by atoms with Gasteiger partial charge in [0, 0.05) is 12.2 Å². The number of hydrogen-bond acceptors (Lipinski definition) is 3. The van der Waals surface area contributed by atoms with Gasteiger partial charge in [-0.15, -0.1) is 0 Å². The summed E-state index contributed by atoms with van der Waals surface area (Å²) in [6.07, 6.45) is 4.39. The lowest BCUT2D eigenvalue weighted by atomic mass is 9.86. The van der Waals surface area contributed by atoms with E-state index in [1.807, 2.05) is 19.1 Å². The molecule has 1 heterocycles. The predicted molar refractivity (Wildman–Crippen MR) is 91.6 cm³/mol. The fourth-order valence-corrected chi connectivity index (χ4v) is 3.23. The number of aryl methyl sites for hydroxylation is 1. The summed E-state index contributed by atoms with van der Waals surface area (Å²) in [6, 6.07) is 3.55. The number of aromatic nitrogens is 1. The van der Waals surface area contributed by atoms with Crippen LogP contribution in [0.5, 0.6) is 0 Å². The van der Waals surface area contributed by atoms with Crippen LogP contribution in [0.1, 0.15) is 56.8 Å². The molecule has 24 heavy (non-hydrogen) atoms. The number of nitrogens with zero attached hydrogens (tertiary/aromatic N) is 1. The zero-order chi connectivity index (χ0) is 17.7. The standard InChI is InChI=1S/C18H27N3O3/c1-11(2)15(16-12(3)5-4-10-19-16)21-18(24)20-14-8-6-13(7-9-14)17(22)23/h4-5,10-11,13-15H,6-9H2,1-3H3,(H,22,23)(H2,20,21,24). The first-order valence-electron chi connectivity index (χ1n) is 8.59. The van der Waals surface area contributed by atoms with Crippen molar-refractivity contribution in [2.45, 2.75) is 58.5 Å². The lowest BCUT2D eigenvalue weighted by Gasteiger charge is -2.29. The topological polar surface area (TPSA) is 91.3 Å². The number of urea groups is 1. The number of carboxylic acid groups (broad SMARTS) is 1. The predicted octanol–water partition coefficient (Wildman–Crippen LogP) is 3.03. The highest BCUT2D eigenvalue weighted by atomic mass is 16.4. The average molecular weight is 333 g/mol. The van der Waals surface area contributed by atoms with Crippen molar-refractivity contribution in [3.8, 4) is 0 Å². The molecular formula is C18H27N3O3. The van der Waals surface area contributed by atoms with E-state index in [-0.39, 0.29) is 30.0 Å². The van der Waals surface area contributed by atoms with Gasteiger partial charge in [0.15, 0.2) is 0 Å². The molecule has 0 saturated heterocycles. The van der Waals surface area contributed by atoms with Crippen LogP contribution in [-0.2, 0) is 4.79 Å². The fraction of sp³-hybridized carbons (Fsp3) is 0.611. The Kier molecular flexibility index (Phi) is 6.17. The molecule has 3 N–H and O–H groups in total. The quantitative estimate of drug-likeness (QED) is 0.772. The van der Waals surface area contributed by atoms with Gasteiger partial charge in [0.25, 0.3) is 0 Å². The number of carbonyl (C=O) groups excluding carboxylic acids is 1. The average Bonchev–Trinajstić information content (AvgIpc) is 2.53. The van der Waals surface area contributed by atoms with Gasteiger partial charge < -0.3 is 15.7 Å². The van der Waals surface area contributed by atoms with Crippen molar-refractivity contribution in [1.82, 2.24) is 15.6 Å². The number of carboxylic acids is 1. The Balaban J connectivity index is 1.93. The number of hydrogen-bond donors (Lipinski definition) is 3. The van der Waals surface area contributed by atoms with Gasteiger partial charge in [-0.3, -0.25) is 9.78 Å². The third-order valence-electron chi connectivity index (χ3n) is 4.71. The van der Waals surface area contributed by atoms with E-state index in [0.717, 1.165) is 11.3 Å². The summed E-state index contributed by atoms with van der Waals surface area (Å²) >= 11 is 0. The van der Waals surface area contributed by atoms with E-state index in [9.17, 15) is 9.59 Å². The zero-order valence-corrected chi connectivity index (χ0v) is 14.6. The van der Waals surface area contributed by atoms with Gasteiger partial charge in [-0.25, -0.2) is 4.79 Å². The molecule has 0 bridgehead atoms. The second-order valence-electron chi connectivity index (χ2n) is 6.93. The van der Waals surface area contributed by atoms with E-state index in [2.05, 4.69) is 29.5 Å². The molecule has 6 heteroatoms. The summed E-state index contributed by atoms with van der Waals surface area (Å²) < 4.78 is 0. The van der Waals surface area contributed by atoms with E-state index >= 15 is 0 Å². The van der Waals surface area contributed by atoms with E-state index in [1.54, 1.807) is 6.20 Å². The SMILES string of the molecule is Cc1cccnc1C(NC(=O)NC1CCC(C(=O)O)CC1)C(C)C. The van der Waals surface area contributed by atoms with Crippen molar-refractivity contribution in [1.29, 1.82) is 0 Å². The summed E-state index contributed by atoms with van der Waals surface area (Å²) in [5.74, 6) is -0.791. The largest absolute Gasteiger partial charge is 0.481 e. The molecule has 1 saturated carbocycles. The molecule has 1 aromatic heterocycles. The second kappa shape index (κ2) is 8.13. The van der Waals surface area contributed by atoms with Gasteiger partial charge >= 0.3 is 12.0 Å². The summed E-state index contributed by atoms with van der Waals surface area (Å²) in [5.41, 5.74) is 1.94. The van der Waals surface area contributed by atoms with Crippen molar-refractivity contribution >= 4 is 12.0 Å². The Bertz CT molecular complexity index is 581. The van der Waals surface area contributed by atoms with Gasteiger partial charge in [-0.05, 0) is 50.2 Å². The monoisotopic (exact) mass is 333 g/mol. The van der Waals surface area contributed by atoms with Crippen molar-refractivity contribution in [2.24, 2.45) is 11.8 Å². The van der Waals surface area contributed by atoms with E-state index in [4.69, 9.17) is 5.11 Å². The molecule has 1 atom stereocenters. The van der Waals surface area contributed by atoms with Crippen molar-refractivity contribution in [3.05, 3.63) is 29.6 Å². The van der Waals surface area contributed by atoms with Gasteiger partial charge in [-0.1, -0.05) is 19.9 Å². The number of carbonyl (C=O) groups is 2. The molecular weight excluding hydrogens is 306 g/mol. The van der Waals surface area contributed by atoms with Crippen LogP contribution in [0.4, 0.5) is 4.79 Å². The Morgan fingerprint density at radius 2 is 1.92 bits per heavy atom. The van der Waals surface area contributed by atoms with Crippen molar-refractivity contribution < 1.29 is 14.7 Å². The van der Waals surface area contributed by atoms with Crippen LogP contribution in [0.3, 0.4) is 0 Å². The van der Waals surface area contributed by atoms with Gasteiger partial charge in [0.1, 0.15) is 0 Å². The summed E-state index contributed by atoms with van der Waals surface area (Å²) in [4.78, 5) is 27.8. The first-order chi connectivity index (χ1) is 11.4. The van der Waals surface area contributed by atoms with Crippen molar-refractivity contribution in [3.63, 3.8) is 0 Å². The number of amides is 2. The van der Waals surface area contributed by atoms with Crippen LogP contribution in [0.15, 0.2) is 18.3 Å². The molecule has 0 aliphatic heterocycles. The Hall–Kier alpha value is -2.11. The Labute approximate surface area is 143 Å². The fourth-order valence-electron chi connectivity index (χ4n) is 3.23. The van der Waals surface area contributed by atoms with E-state index < -0.39 is 5.97 Å². The lowest BCUT2D eigenvalue weighted by Crippen LogP contribution is -2.46. The highest BCUT2D eigenvalue weighted by Crippen LogP contribution is 2.25. The number of aliphatic carboxylic acids is 1. The third kappa shape index (κ3) is 4.69. The normalized spacial score (nSPS) is 22.0. The molecule has 1 aromatic rings. The minimum atomic E-state index is -0.733. The first kappa shape index (κ1) is 18.2. The number of nitrogens with one attached hydrogen (secondary N) is 2. The summed E-state index contributed by atoms with van der Waals surface area (Å²) in [6.45, 7) is 6.10. The molecule has 1 fully saturated rings. The highest BCUT2D eigenvalue weighted by Gasteiger charge is 2.28. The minimum Gasteiger partial charge on any atom is -0.481 e. The third-order valence-corrected chi connectivity index (χ3v) is 4.71. The summed E-state index contributed by atoms with van der Waals surface area (Å²) in [5, 5.41) is 15.0. The Morgan fingerprint density at radius 1 is 1.25 bits per heavy atom. The molecule has 1 aliphatic carbocycles. The van der Waals surface area contributed by atoms with Crippen LogP contribution >= 0.6 is 0 Å². The molecule has 1 aliphatic rings. The van der Waals surface area contributed by atoms with E-state index in [1.165, 1.54) is 0 Å². The van der Waals surface area contributed by atoms with Crippen LogP contribution in [0.25, 0.3) is 0 Å². The van der Waals surface area contributed by atoms with Crippen LogP contribution in [0, 0.1) is 18.8 Å². The first-order valence-corrected chi connectivity index (χ1v) is 8.59. The van der Waals surface area contributed by atoms with Crippen LogP contribution in [-0.4, -0.2) is 28.1 Å². The molecule has 2 amide bonds. The van der Waals surface area contributed by atoms with Crippen molar-refractivity contribution in [2.75, 3.05) is 0 Å². The molecule has 6 nitrogen and oxygen atoms in total. The molecule has 0 spiro atoms. The van der Waals surface area contributed by atoms with Gasteiger partial charge in [0.2, 0.25) is 0 Å². The van der Waals surface area contributed by atoms with Crippen LogP contribution < -0.4 is 10.6 Å². The molecule has 132 valence electrons. The molecule has 1 unspecified atom stereocenters. The molecule has 2 rings (SSSR count). The Morgan fingerprint density at radius 3 is 2.46 bits per heavy atom. The second-order valence-corrected chi connectivity index (χ2v) is 6.93. The van der Waals surface area contributed by atoms with Crippen LogP contribution in [0.2, 0.25) is 0 Å². The van der Waals surface area contributed by atoms with E-state index in [0.29, 0.717) is 25.7 Å². The zero-order valence-electron chi connectivity index (χ0n) is 14.6. The maximum Gasteiger partial charge on any atom is 0.315 e. The molecule has 0 radical (unpaired) electrons. The smallest absolute Gasteiger partial charge is 0.315 e. The number of rotatable bonds is 5. The maximum atomic E-state index is 12.4. The number of pyridine rings is 1. The summed E-state index contributed by atoms with van der Waals surface area (Å²) in [7, 11) is 0. The lowest BCUT2D eigenvalue weighted by molar-refractivity contribution is -0.142. The van der Waals surface area contributed by atoms with Gasteiger partial charge in [0.05, 0.1) is 17.7 Å². The molecule has 0 aromatic carbocycles. The highest BCUT2D eigenvalue weighted by molar-refractivity contribution is 5.75. The van der Waals surface area contributed by atoms with Gasteiger partial charge in [-0.2, -0.15) is 0 Å².